The molecule has 1 aromatic rings. The molecule has 0 spiro atoms. The van der Waals surface area contributed by atoms with Gasteiger partial charge in [0.15, 0.2) is 0 Å². The summed E-state index contributed by atoms with van der Waals surface area (Å²) in [7, 11) is -0.770. The van der Waals surface area contributed by atoms with Crippen LogP contribution in [0.5, 0.6) is 0 Å². The maximum Gasteiger partial charge on any atom is 0.107 e. The summed E-state index contributed by atoms with van der Waals surface area (Å²) in [5.41, 5.74) is 9.23. The summed E-state index contributed by atoms with van der Waals surface area (Å²) < 4.78 is 11.1. The minimum Gasteiger partial charge on any atom is -0.389 e. The number of rotatable bonds is 6. The predicted octanol–water partition coefficient (Wildman–Crippen LogP) is 1.90. The Morgan fingerprint density at radius 2 is 2.21 bits per heavy atom. The predicted molar refractivity (Wildman–Crippen MR) is 86.2 cm³/mol. The summed E-state index contributed by atoms with van der Waals surface area (Å²) in [6.45, 7) is 5.90. The minimum absolute atomic E-state index is 0.207. The first-order valence-corrected chi connectivity index (χ1v) is 8.29. The molecule has 1 aromatic heterocycles. The van der Waals surface area contributed by atoms with Crippen LogP contribution in [0.3, 0.4) is 0 Å². The van der Waals surface area contributed by atoms with Crippen molar-refractivity contribution in [2.24, 2.45) is 5.73 Å². The quantitative estimate of drug-likeness (QED) is 0.785. The number of nitrogens with zero attached hydrogens (tertiary/aromatic N) is 1. The molecule has 4 nitrogen and oxygen atoms in total. The van der Waals surface area contributed by atoms with Crippen molar-refractivity contribution in [3.8, 4) is 0 Å². The number of hydrogen-bond donors (Lipinski definition) is 2. The first kappa shape index (κ1) is 16.0. The average Bonchev–Trinajstić information content (AvgIpc) is 2.24. The second-order valence-corrected chi connectivity index (χ2v) is 6.74. The summed E-state index contributed by atoms with van der Waals surface area (Å²) in [5.74, 6) is 0.680. The van der Waals surface area contributed by atoms with E-state index in [0.717, 1.165) is 29.1 Å². The van der Waals surface area contributed by atoms with E-state index in [4.69, 9.17) is 18.0 Å². The van der Waals surface area contributed by atoms with Crippen molar-refractivity contribution < 1.29 is 4.21 Å². The Morgan fingerprint density at radius 3 is 2.74 bits per heavy atom. The van der Waals surface area contributed by atoms with Gasteiger partial charge in [-0.1, -0.05) is 12.2 Å². The molecule has 19 heavy (non-hydrogen) atoms. The summed E-state index contributed by atoms with van der Waals surface area (Å²) in [6, 6.07) is 2.15. The van der Waals surface area contributed by atoms with Crippen LogP contribution >= 0.6 is 12.2 Å². The van der Waals surface area contributed by atoms with Crippen LogP contribution in [0.25, 0.3) is 0 Å². The molecule has 0 aliphatic rings. The fraction of sp³-hybridized carbons (Fsp3) is 0.538. The molecule has 0 bridgehead atoms. The number of thiocarbonyl (C=S) groups is 1. The SMILES string of the molecule is Cc1cc(NC(C)CCS(C)=O)c(C(N)=S)c(C)n1. The Balaban J connectivity index is 2.93. The van der Waals surface area contributed by atoms with Gasteiger partial charge >= 0.3 is 0 Å². The first-order chi connectivity index (χ1) is 8.81. The second-order valence-electron chi connectivity index (χ2n) is 4.75. The van der Waals surface area contributed by atoms with E-state index in [1.165, 1.54) is 0 Å². The van der Waals surface area contributed by atoms with Crippen molar-refractivity contribution >= 4 is 33.7 Å². The van der Waals surface area contributed by atoms with Crippen LogP contribution in [0.15, 0.2) is 6.07 Å². The van der Waals surface area contributed by atoms with Crippen molar-refractivity contribution in [2.75, 3.05) is 17.3 Å². The molecular formula is C13H21N3OS2. The van der Waals surface area contributed by atoms with Crippen LogP contribution < -0.4 is 11.1 Å². The fourth-order valence-corrected chi connectivity index (χ4v) is 2.88. The molecule has 2 unspecified atom stereocenters. The zero-order valence-electron chi connectivity index (χ0n) is 11.8. The third kappa shape index (κ3) is 4.87. The fourth-order valence-electron chi connectivity index (χ4n) is 1.93. The van der Waals surface area contributed by atoms with E-state index < -0.39 is 10.8 Å². The van der Waals surface area contributed by atoms with Gasteiger partial charge in [0.2, 0.25) is 0 Å². The molecule has 0 amide bonds. The van der Waals surface area contributed by atoms with Crippen LogP contribution in [0.1, 0.15) is 30.3 Å². The number of anilines is 1. The van der Waals surface area contributed by atoms with Gasteiger partial charge in [0.25, 0.3) is 0 Å². The number of nitrogens with two attached hydrogens (primary N) is 1. The van der Waals surface area contributed by atoms with E-state index >= 15 is 0 Å². The Labute approximate surface area is 122 Å². The molecular weight excluding hydrogens is 278 g/mol. The van der Waals surface area contributed by atoms with Crippen LogP contribution in [-0.2, 0) is 10.8 Å². The standard InChI is InChI=1S/C13H21N3OS2/c1-8(5-6-19(4)17)16-11-7-9(2)15-10(3)12(11)13(14)18/h7-8H,5-6H2,1-4H3,(H2,14,18)(H,15,16). The molecule has 0 saturated carbocycles. The van der Waals surface area contributed by atoms with E-state index in [2.05, 4.69) is 17.2 Å². The molecule has 106 valence electrons. The Bertz CT molecular complexity index is 503. The van der Waals surface area contributed by atoms with E-state index in [1.807, 2.05) is 19.9 Å². The highest BCUT2D eigenvalue weighted by Crippen LogP contribution is 2.21. The van der Waals surface area contributed by atoms with Crippen LogP contribution in [0, 0.1) is 13.8 Å². The summed E-state index contributed by atoms with van der Waals surface area (Å²) in [6.07, 6.45) is 2.55. The minimum atomic E-state index is -0.770. The third-order valence-electron chi connectivity index (χ3n) is 2.82. The van der Waals surface area contributed by atoms with E-state index in [9.17, 15) is 4.21 Å². The van der Waals surface area contributed by atoms with Gasteiger partial charge in [-0.3, -0.25) is 9.19 Å². The van der Waals surface area contributed by atoms with Gasteiger partial charge in [-0.15, -0.1) is 0 Å². The molecule has 1 heterocycles. The zero-order valence-corrected chi connectivity index (χ0v) is 13.5. The number of pyridine rings is 1. The number of aromatic nitrogens is 1. The zero-order chi connectivity index (χ0) is 14.6. The molecule has 0 fully saturated rings. The lowest BCUT2D eigenvalue weighted by Gasteiger charge is -2.19. The third-order valence-corrected chi connectivity index (χ3v) is 3.83. The summed E-state index contributed by atoms with van der Waals surface area (Å²) >= 11 is 5.09. The van der Waals surface area contributed by atoms with Gasteiger partial charge in [0.1, 0.15) is 4.99 Å². The van der Waals surface area contributed by atoms with E-state index in [0.29, 0.717) is 10.7 Å². The molecule has 0 radical (unpaired) electrons. The van der Waals surface area contributed by atoms with E-state index in [-0.39, 0.29) is 6.04 Å². The average molecular weight is 299 g/mol. The number of aryl methyl sites for hydroxylation is 2. The molecule has 6 heteroatoms. The molecule has 0 aliphatic heterocycles. The summed E-state index contributed by atoms with van der Waals surface area (Å²) in [5, 5.41) is 3.39. The monoisotopic (exact) mass is 299 g/mol. The van der Waals surface area contributed by atoms with Gasteiger partial charge in [-0.25, -0.2) is 0 Å². The molecule has 0 aromatic carbocycles. The Kier molecular flexibility index (Phi) is 5.87. The van der Waals surface area contributed by atoms with E-state index in [1.54, 1.807) is 6.26 Å². The topological polar surface area (TPSA) is 68.0 Å². The number of nitrogens with one attached hydrogen (secondary N) is 1. The van der Waals surface area contributed by atoms with Crippen LogP contribution in [-0.4, -0.2) is 32.2 Å². The Morgan fingerprint density at radius 1 is 1.58 bits per heavy atom. The van der Waals surface area contributed by atoms with Gasteiger partial charge in [0, 0.05) is 45.9 Å². The van der Waals surface area contributed by atoms with Gasteiger partial charge < -0.3 is 11.1 Å². The summed E-state index contributed by atoms with van der Waals surface area (Å²) in [4.78, 5) is 4.73. The van der Waals surface area contributed by atoms with Crippen molar-refractivity contribution in [3.05, 3.63) is 23.0 Å². The van der Waals surface area contributed by atoms with Crippen molar-refractivity contribution in [2.45, 2.75) is 33.2 Å². The highest BCUT2D eigenvalue weighted by molar-refractivity contribution is 7.84. The smallest absolute Gasteiger partial charge is 0.107 e. The Hall–Kier alpha value is -1.01. The van der Waals surface area contributed by atoms with Crippen LogP contribution in [0.4, 0.5) is 5.69 Å². The highest BCUT2D eigenvalue weighted by Gasteiger charge is 2.13. The largest absolute Gasteiger partial charge is 0.389 e. The molecule has 2 atom stereocenters. The van der Waals surface area contributed by atoms with Crippen LogP contribution in [0.2, 0.25) is 0 Å². The van der Waals surface area contributed by atoms with Gasteiger partial charge in [0.05, 0.1) is 5.56 Å². The van der Waals surface area contributed by atoms with Crippen molar-refractivity contribution in [1.29, 1.82) is 0 Å². The second kappa shape index (κ2) is 6.96. The molecule has 0 saturated heterocycles. The van der Waals surface area contributed by atoms with Crippen molar-refractivity contribution in [1.82, 2.24) is 4.98 Å². The lowest BCUT2D eigenvalue weighted by atomic mass is 10.1. The van der Waals surface area contributed by atoms with Gasteiger partial charge in [-0.2, -0.15) is 0 Å². The molecule has 1 rings (SSSR count). The lowest BCUT2D eigenvalue weighted by Crippen LogP contribution is -2.22. The van der Waals surface area contributed by atoms with Gasteiger partial charge in [-0.05, 0) is 33.3 Å². The normalized spacial score (nSPS) is 13.9. The van der Waals surface area contributed by atoms with Crippen molar-refractivity contribution in [3.63, 3.8) is 0 Å². The molecule has 3 N–H and O–H groups in total. The molecule has 0 aliphatic carbocycles. The maximum absolute atomic E-state index is 11.1. The highest BCUT2D eigenvalue weighted by atomic mass is 32.2. The number of hydrogen-bond acceptors (Lipinski definition) is 4. The maximum atomic E-state index is 11.1. The lowest BCUT2D eigenvalue weighted by molar-refractivity contribution is 0.678. The first-order valence-electron chi connectivity index (χ1n) is 6.16.